The van der Waals surface area contributed by atoms with Crippen molar-refractivity contribution in [2.24, 2.45) is 11.3 Å². The number of ether oxygens (including phenoxy) is 1. The number of carbonyl (C=O) groups is 1. The molecule has 4 heteroatoms. The number of carboxylic acid groups (broad SMARTS) is 1. The number of pyridine rings is 1. The topological polar surface area (TPSA) is 59.4 Å². The van der Waals surface area contributed by atoms with Gasteiger partial charge in [0.15, 0.2) is 0 Å². The first-order chi connectivity index (χ1) is 11.2. The normalized spacial score (nSPS) is 23.0. The number of aryl methyl sites for hydroxylation is 1. The molecule has 1 atom stereocenters. The minimum Gasteiger partial charge on any atom is -0.481 e. The summed E-state index contributed by atoms with van der Waals surface area (Å²) < 4.78 is 5.90. The fraction of sp³-hybridized carbons (Fsp3) is 0.684. The van der Waals surface area contributed by atoms with Crippen LogP contribution < -0.4 is 4.74 Å². The largest absolute Gasteiger partial charge is 0.481 e. The van der Waals surface area contributed by atoms with E-state index in [9.17, 15) is 4.79 Å². The van der Waals surface area contributed by atoms with Gasteiger partial charge in [-0.2, -0.15) is 0 Å². The molecule has 3 rings (SSSR count). The number of rotatable bonds is 6. The van der Waals surface area contributed by atoms with E-state index in [1.807, 2.05) is 12.1 Å². The fourth-order valence-corrected chi connectivity index (χ4v) is 4.40. The van der Waals surface area contributed by atoms with E-state index in [1.54, 1.807) is 6.20 Å². The van der Waals surface area contributed by atoms with E-state index in [2.05, 4.69) is 4.98 Å². The number of carboxylic acids is 1. The molecule has 0 saturated heterocycles. The molecule has 1 spiro atoms. The van der Waals surface area contributed by atoms with E-state index in [1.165, 1.54) is 51.4 Å². The average molecular weight is 317 g/mol. The van der Waals surface area contributed by atoms with E-state index < -0.39 is 5.97 Å². The Bertz CT molecular complexity index is 520. The predicted octanol–water partition coefficient (Wildman–Crippen LogP) is 4.23. The lowest BCUT2D eigenvalue weighted by Crippen LogP contribution is -2.29. The molecule has 2 aliphatic rings. The molecule has 1 heterocycles. The Morgan fingerprint density at radius 2 is 2.04 bits per heavy atom. The smallest absolute Gasteiger partial charge is 0.303 e. The molecule has 23 heavy (non-hydrogen) atoms. The minimum absolute atomic E-state index is 0.145. The maximum Gasteiger partial charge on any atom is 0.303 e. The van der Waals surface area contributed by atoms with Gasteiger partial charge in [-0.15, -0.1) is 0 Å². The van der Waals surface area contributed by atoms with E-state index >= 15 is 0 Å². The molecule has 1 unspecified atom stereocenters. The van der Waals surface area contributed by atoms with Gasteiger partial charge < -0.3 is 9.84 Å². The minimum atomic E-state index is -0.775. The SMILES string of the molecule is O=C(O)CCc1ccc(OCC2CCCC3(CCCC3)C2)nc1. The lowest BCUT2D eigenvalue weighted by atomic mass is 9.69. The van der Waals surface area contributed by atoms with E-state index in [0.717, 1.165) is 12.2 Å². The highest BCUT2D eigenvalue weighted by molar-refractivity contribution is 5.67. The highest BCUT2D eigenvalue weighted by atomic mass is 16.5. The lowest BCUT2D eigenvalue weighted by Gasteiger charge is -2.38. The molecular formula is C19H27NO3. The highest BCUT2D eigenvalue weighted by Crippen LogP contribution is 2.50. The first-order valence-electron chi connectivity index (χ1n) is 8.95. The summed E-state index contributed by atoms with van der Waals surface area (Å²) in [6, 6.07) is 3.79. The summed E-state index contributed by atoms with van der Waals surface area (Å²) in [5.74, 6) is 0.550. The van der Waals surface area contributed by atoms with Crippen LogP contribution in [0, 0.1) is 11.3 Å². The third-order valence-electron chi connectivity index (χ3n) is 5.60. The molecule has 1 aromatic heterocycles. The molecule has 1 N–H and O–H groups in total. The molecule has 2 aliphatic carbocycles. The van der Waals surface area contributed by atoms with Gasteiger partial charge in [0.25, 0.3) is 0 Å². The van der Waals surface area contributed by atoms with Gasteiger partial charge in [-0.1, -0.05) is 25.3 Å². The number of hydrogen-bond donors (Lipinski definition) is 1. The first-order valence-corrected chi connectivity index (χ1v) is 8.95. The fourth-order valence-electron chi connectivity index (χ4n) is 4.40. The van der Waals surface area contributed by atoms with Crippen molar-refractivity contribution in [3.8, 4) is 5.88 Å². The molecule has 2 saturated carbocycles. The van der Waals surface area contributed by atoms with Crippen molar-refractivity contribution >= 4 is 5.97 Å². The molecule has 0 bridgehead atoms. The van der Waals surface area contributed by atoms with Crippen LogP contribution in [0.15, 0.2) is 18.3 Å². The average Bonchev–Trinajstić information content (AvgIpc) is 2.99. The summed E-state index contributed by atoms with van der Waals surface area (Å²) in [6.45, 7) is 0.767. The molecule has 4 nitrogen and oxygen atoms in total. The summed E-state index contributed by atoms with van der Waals surface area (Å²) in [6.07, 6.45) is 13.4. The zero-order valence-corrected chi connectivity index (χ0v) is 13.8. The van der Waals surface area contributed by atoms with Crippen molar-refractivity contribution in [2.75, 3.05) is 6.61 Å². The van der Waals surface area contributed by atoms with Crippen molar-refractivity contribution in [1.29, 1.82) is 0 Å². The second-order valence-electron chi connectivity index (χ2n) is 7.38. The number of aliphatic carboxylic acids is 1. The standard InChI is InChI=1S/C19H27NO3/c21-18(22)8-6-15-5-7-17(20-13-15)23-14-16-4-3-11-19(12-16)9-1-2-10-19/h5,7,13,16H,1-4,6,8-12,14H2,(H,21,22). The lowest BCUT2D eigenvalue weighted by molar-refractivity contribution is -0.136. The third kappa shape index (κ3) is 4.46. The van der Waals surface area contributed by atoms with E-state index in [4.69, 9.17) is 9.84 Å². The van der Waals surface area contributed by atoms with Crippen LogP contribution >= 0.6 is 0 Å². The van der Waals surface area contributed by atoms with Gasteiger partial charge in [0.05, 0.1) is 6.61 Å². The monoisotopic (exact) mass is 317 g/mol. The summed E-state index contributed by atoms with van der Waals surface area (Å²) in [7, 11) is 0. The molecular weight excluding hydrogens is 290 g/mol. The maximum absolute atomic E-state index is 10.6. The van der Waals surface area contributed by atoms with Crippen molar-refractivity contribution in [3.05, 3.63) is 23.9 Å². The van der Waals surface area contributed by atoms with Crippen LogP contribution in [0.3, 0.4) is 0 Å². The Labute approximate surface area is 138 Å². The first kappa shape index (κ1) is 16.3. The van der Waals surface area contributed by atoms with E-state index in [0.29, 0.717) is 23.6 Å². The van der Waals surface area contributed by atoms with Crippen LogP contribution in [0.1, 0.15) is 63.4 Å². The van der Waals surface area contributed by atoms with Gasteiger partial charge in [0.1, 0.15) is 0 Å². The Kier molecular flexibility index (Phi) is 5.19. The molecule has 0 aliphatic heterocycles. The van der Waals surface area contributed by atoms with Gasteiger partial charge >= 0.3 is 5.97 Å². The predicted molar refractivity (Wildman–Crippen MR) is 88.5 cm³/mol. The summed E-state index contributed by atoms with van der Waals surface area (Å²) in [5, 5.41) is 8.70. The maximum atomic E-state index is 10.6. The van der Waals surface area contributed by atoms with Crippen LogP contribution in [0.25, 0.3) is 0 Å². The van der Waals surface area contributed by atoms with Gasteiger partial charge in [0.2, 0.25) is 5.88 Å². The van der Waals surface area contributed by atoms with Crippen molar-refractivity contribution in [2.45, 2.75) is 64.2 Å². The van der Waals surface area contributed by atoms with Crippen molar-refractivity contribution in [1.82, 2.24) is 4.98 Å². The molecule has 0 aromatic carbocycles. The molecule has 0 amide bonds. The molecule has 1 aromatic rings. The van der Waals surface area contributed by atoms with Crippen LogP contribution in [0.5, 0.6) is 5.88 Å². The Morgan fingerprint density at radius 3 is 2.74 bits per heavy atom. The molecule has 2 fully saturated rings. The Balaban J connectivity index is 1.47. The van der Waals surface area contributed by atoms with Gasteiger partial charge in [-0.3, -0.25) is 4.79 Å². The van der Waals surface area contributed by atoms with Crippen LogP contribution in [-0.2, 0) is 11.2 Å². The van der Waals surface area contributed by atoms with Crippen LogP contribution in [0.4, 0.5) is 0 Å². The Morgan fingerprint density at radius 1 is 1.26 bits per heavy atom. The van der Waals surface area contributed by atoms with Crippen LogP contribution in [-0.4, -0.2) is 22.7 Å². The van der Waals surface area contributed by atoms with Gasteiger partial charge in [0, 0.05) is 18.7 Å². The number of nitrogens with zero attached hydrogens (tertiary/aromatic N) is 1. The van der Waals surface area contributed by atoms with E-state index in [-0.39, 0.29) is 6.42 Å². The number of aromatic nitrogens is 1. The quantitative estimate of drug-likeness (QED) is 0.853. The summed E-state index contributed by atoms with van der Waals surface area (Å²) >= 11 is 0. The third-order valence-corrected chi connectivity index (χ3v) is 5.60. The molecule has 126 valence electrons. The second-order valence-corrected chi connectivity index (χ2v) is 7.38. The number of hydrogen-bond acceptors (Lipinski definition) is 3. The van der Waals surface area contributed by atoms with Gasteiger partial charge in [-0.25, -0.2) is 4.98 Å². The van der Waals surface area contributed by atoms with Gasteiger partial charge in [-0.05, 0) is 55.4 Å². The summed E-state index contributed by atoms with van der Waals surface area (Å²) in [4.78, 5) is 14.9. The zero-order chi connectivity index (χ0) is 16.1. The summed E-state index contributed by atoms with van der Waals surface area (Å²) in [5.41, 5.74) is 1.57. The van der Waals surface area contributed by atoms with Crippen molar-refractivity contribution in [3.63, 3.8) is 0 Å². The second kappa shape index (κ2) is 7.33. The van der Waals surface area contributed by atoms with Crippen molar-refractivity contribution < 1.29 is 14.6 Å². The van der Waals surface area contributed by atoms with Crippen LogP contribution in [0.2, 0.25) is 0 Å². The Hall–Kier alpha value is -1.58. The zero-order valence-electron chi connectivity index (χ0n) is 13.8. The molecule has 0 radical (unpaired) electrons. The highest BCUT2D eigenvalue weighted by Gasteiger charge is 2.38.